The summed E-state index contributed by atoms with van der Waals surface area (Å²) < 4.78 is 6.22. The van der Waals surface area contributed by atoms with Crippen molar-refractivity contribution in [1.82, 2.24) is 0 Å². The van der Waals surface area contributed by atoms with Crippen LogP contribution in [-0.2, 0) is 4.43 Å². The Bertz CT molecular complexity index is 151. The maximum atomic E-state index is 6.22. The van der Waals surface area contributed by atoms with E-state index in [0.717, 1.165) is 5.92 Å². The van der Waals surface area contributed by atoms with E-state index in [1.807, 2.05) is 0 Å². The van der Waals surface area contributed by atoms with Gasteiger partial charge in [-0.1, -0.05) is 26.2 Å². The molecular weight excluding hydrogens is 176 g/mol. The third-order valence-electron chi connectivity index (χ3n) is 2.87. The van der Waals surface area contributed by atoms with Crippen molar-refractivity contribution in [2.45, 2.75) is 64.8 Å². The summed E-state index contributed by atoms with van der Waals surface area (Å²) in [5, 5.41) is 0. The van der Waals surface area contributed by atoms with Crippen LogP contribution in [0, 0.1) is 5.92 Å². The zero-order valence-electron chi connectivity index (χ0n) is 9.60. The van der Waals surface area contributed by atoms with Crippen molar-refractivity contribution in [3.63, 3.8) is 0 Å². The summed E-state index contributed by atoms with van der Waals surface area (Å²) >= 11 is 0. The number of hydrogen-bond acceptors (Lipinski definition) is 1. The van der Waals surface area contributed by atoms with Gasteiger partial charge in [0.05, 0.1) is 0 Å². The molecule has 0 amide bonds. The van der Waals surface area contributed by atoms with E-state index in [1.54, 1.807) is 0 Å². The van der Waals surface area contributed by atoms with Crippen LogP contribution in [0.5, 0.6) is 0 Å². The average Bonchev–Trinajstić information content (AvgIpc) is 2.02. The van der Waals surface area contributed by atoms with Gasteiger partial charge in [-0.25, -0.2) is 0 Å². The summed E-state index contributed by atoms with van der Waals surface area (Å²) in [5.74, 6) is 0.848. The molecule has 2 heteroatoms. The van der Waals surface area contributed by atoms with Crippen molar-refractivity contribution in [2.24, 2.45) is 5.92 Å². The van der Waals surface area contributed by atoms with Crippen LogP contribution in [0.4, 0.5) is 0 Å². The number of hydrogen-bond donors (Lipinski definition) is 0. The zero-order valence-corrected chi connectivity index (χ0v) is 10.6. The molecule has 0 saturated heterocycles. The van der Waals surface area contributed by atoms with Gasteiger partial charge in [-0.05, 0) is 38.4 Å². The third kappa shape index (κ3) is 3.82. The Morgan fingerprint density at radius 3 is 2.31 bits per heavy atom. The van der Waals surface area contributed by atoms with Crippen LogP contribution < -0.4 is 0 Å². The maximum absolute atomic E-state index is 6.22. The summed E-state index contributed by atoms with van der Waals surface area (Å²) in [6.45, 7) is 9.20. The predicted octanol–water partition coefficient (Wildman–Crippen LogP) is 3.81. The van der Waals surface area contributed by atoms with Gasteiger partial charge in [0.15, 0.2) is 8.32 Å². The molecule has 1 nitrogen and oxygen atoms in total. The van der Waals surface area contributed by atoms with Crippen molar-refractivity contribution >= 4 is 8.32 Å². The molecule has 2 unspecified atom stereocenters. The molecular formula is C11H24OSi. The number of rotatable bonds is 3. The molecule has 0 N–H and O–H groups in total. The lowest BCUT2D eigenvalue weighted by Crippen LogP contribution is -2.37. The highest BCUT2D eigenvalue weighted by atomic mass is 28.4. The van der Waals surface area contributed by atoms with E-state index in [9.17, 15) is 0 Å². The van der Waals surface area contributed by atoms with E-state index >= 15 is 0 Å². The first-order chi connectivity index (χ1) is 6.03. The SMILES string of the molecule is CCC1CCCCC1O[Si](C)(C)C. The second-order valence-corrected chi connectivity index (χ2v) is 9.68. The van der Waals surface area contributed by atoms with Crippen LogP contribution >= 0.6 is 0 Å². The van der Waals surface area contributed by atoms with Crippen LogP contribution in [0.25, 0.3) is 0 Å². The lowest BCUT2D eigenvalue weighted by Gasteiger charge is -2.35. The molecule has 1 rings (SSSR count). The summed E-state index contributed by atoms with van der Waals surface area (Å²) in [5.41, 5.74) is 0. The maximum Gasteiger partial charge on any atom is 0.184 e. The Morgan fingerprint density at radius 1 is 1.15 bits per heavy atom. The topological polar surface area (TPSA) is 9.23 Å². The Hall–Kier alpha value is 0.177. The molecule has 1 saturated carbocycles. The lowest BCUT2D eigenvalue weighted by atomic mass is 9.85. The Morgan fingerprint density at radius 2 is 1.77 bits per heavy atom. The van der Waals surface area contributed by atoms with Gasteiger partial charge in [0.25, 0.3) is 0 Å². The molecule has 0 spiro atoms. The quantitative estimate of drug-likeness (QED) is 0.630. The van der Waals surface area contributed by atoms with Crippen molar-refractivity contribution in [3.05, 3.63) is 0 Å². The first kappa shape index (κ1) is 11.3. The second-order valence-electron chi connectivity index (χ2n) is 5.22. The molecule has 1 aliphatic rings. The summed E-state index contributed by atoms with van der Waals surface area (Å²) in [6, 6.07) is 0. The highest BCUT2D eigenvalue weighted by Crippen LogP contribution is 2.30. The van der Waals surface area contributed by atoms with E-state index in [0.29, 0.717) is 6.10 Å². The zero-order chi connectivity index (χ0) is 9.90. The van der Waals surface area contributed by atoms with Crippen molar-refractivity contribution in [3.8, 4) is 0 Å². The van der Waals surface area contributed by atoms with Gasteiger partial charge >= 0.3 is 0 Å². The highest BCUT2D eigenvalue weighted by molar-refractivity contribution is 6.69. The molecule has 2 atom stereocenters. The van der Waals surface area contributed by atoms with E-state index in [4.69, 9.17) is 4.43 Å². The van der Waals surface area contributed by atoms with Gasteiger partial charge in [-0.15, -0.1) is 0 Å². The molecule has 0 bridgehead atoms. The Balaban J connectivity index is 2.45. The molecule has 78 valence electrons. The molecule has 0 aromatic rings. The van der Waals surface area contributed by atoms with Crippen LogP contribution in [0.2, 0.25) is 19.6 Å². The Labute approximate surface area is 84.0 Å². The van der Waals surface area contributed by atoms with Gasteiger partial charge in [0.1, 0.15) is 0 Å². The molecule has 0 heterocycles. The fourth-order valence-corrected chi connectivity index (χ4v) is 3.47. The second kappa shape index (κ2) is 4.60. The molecule has 0 radical (unpaired) electrons. The van der Waals surface area contributed by atoms with Crippen LogP contribution in [0.1, 0.15) is 39.0 Å². The van der Waals surface area contributed by atoms with Crippen molar-refractivity contribution < 1.29 is 4.43 Å². The van der Waals surface area contributed by atoms with Gasteiger partial charge in [-0.3, -0.25) is 0 Å². The molecule has 1 fully saturated rings. The van der Waals surface area contributed by atoms with Crippen LogP contribution in [-0.4, -0.2) is 14.4 Å². The minimum absolute atomic E-state index is 0.588. The van der Waals surface area contributed by atoms with Crippen LogP contribution in [0.15, 0.2) is 0 Å². The molecule has 0 aromatic heterocycles. The van der Waals surface area contributed by atoms with Gasteiger partial charge < -0.3 is 4.43 Å². The van der Waals surface area contributed by atoms with Gasteiger partial charge in [0, 0.05) is 6.10 Å². The Kier molecular flexibility index (Phi) is 3.99. The van der Waals surface area contributed by atoms with E-state index in [-0.39, 0.29) is 0 Å². The summed E-state index contributed by atoms with van der Waals surface area (Å²) in [6.07, 6.45) is 7.39. The van der Waals surface area contributed by atoms with Crippen LogP contribution in [0.3, 0.4) is 0 Å². The first-order valence-electron chi connectivity index (χ1n) is 5.71. The first-order valence-corrected chi connectivity index (χ1v) is 9.11. The normalized spacial score (nSPS) is 30.5. The van der Waals surface area contributed by atoms with Gasteiger partial charge in [-0.2, -0.15) is 0 Å². The summed E-state index contributed by atoms with van der Waals surface area (Å²) in [7, 11) is -1.30. The highest BCUT2D eigenvalue weighted by Gasteiger charge is 2.28. The van der Waals surface area contributed by atoms with E-state index in [2.05, 4.69) is 26.6 Å². The molecule has 0 aliphatic heterocycles. The molecule has 1 aliphatic carbocycles. The van der Waals surface area contributed by atoms with Crippen molar-refractivity contribution in [2.75, 3.05) is 0 Å². The predicted molar refractivity (Wildman–Crippen MR) is 60.5 cm³/mol. The smallest absolute Gasteiger partial charge is 0.184 e. The fraction of sp³-hybridized carbons (Fsp3) is 1.00. The largest absolute Gasteiger partial charge is 0.414 e. The van der Waals surface area contributed by atoms with E-state index in [1.165, 1.54) is 32.1 Å². The minimum atomic E-state index is -1.30. The van der Waals surface area contributed by atoms with E-state index < -0.39 is 8.32 Å². The monoisotopic (exact) mass is 200 g/mol. The molecule has 13 heavy (non-hydrogen) atoms. The third-order valence-corrected chi connectivity index (χ3v) is 3.88. The lowest BCUT2D eigenvalue weighted by molar-refractivity contribution is 0.0839. The van der Waals surface area contributed by atoms with Crippen molar-refractivity contribution in [1.29, 1.82) is 0 Å². The average molecular weight is 200 g/mol. The molecule has 0 aromatic carbocycles. The minimum Gasteiger partial charge on any atom is -0.414 e. The van der Waals surface area contributed by atoms with Gasteiger partial charge in [0.2, 0.25) is 0 Å². The fourth-order valence-electron chi connectivity index (χ4n) is 2.25. The standard InChI is InChI=1S/C11H24OSi/c1-5-10-8-6-7-9-11(10)12-13(2,3)4/h10-11H,5-9H2,1-4H3. The summed E-state index contributed by atoms with van der Waals surface area (Å²) in [4.78, 5) is 0.